The molecule has 1 aromatic heterocycles. The van der Waals surface area contributed by atoms with Crippen molar-refractivity contribution in [3.8, 4) is 0 Å². The molecule has 0 spiro atoms. The van der Waals surface area contributed by atoms with Crippen LogP contribution in [0, 0.1) is 5.92 Å². The van der Waals surface area contributed by atoms with Gasteiger partial charge in [0.2, 0.25) is 5.91 Å². The van der Waals surface area contributed by atoms with Gasteiger partial charge in [0.15, 0.2) is 0 Å². The van der Waals surface area contributed by atoms with Gasteiger partial charge in [0.1, 0.15) is 5.76 Å². The quantitative estimate of drug-likeness (QED) is 0.776. The predicted octanol–water partition coefficient (Wildman–Crippen LogP) is 2.33. The SMILES string of the molecule is O=C(C1CCN(C2CCN(CC=Cc3ccco3)CC2)CC1)N1CCOCC1. The van der Waals surface area contributed by atoms with Gasteiger partial charge >= 0.3 is 0 Å². The van der Waals surface area contributed by atoms with E-state index in [1.54, 1.807) is 6.26 Å². The first-order valence-corrected chi connectivity index (χ1v) is 10.8. The number of hydrogen-bond acceptors (Lipinski definition) is 5. The van der Waals surface area contributed by atoms with Crippen LogP contribution in [0.4, 0.5) is 0 Å². The molecule has 0 bridgehead atoms. The molecule has 154 valence electrons. The van der Waals surface area contributed by atoms with Gasteiger partial charge in [-0.15, -0.1) is 0 Å². The molecule has 3 aliphatic rings. The molecule has 3 aliphatic heterocycles. The summed E-state index contributed by atoms with van der Waals surface area (Å²) < 4.78 is 10.7. The molecule has 0 aromatic carbocycles. The van der Waals surface area contributed by atoms with E-state index in [9.17, 15) is 4.79 Å². The van der Waals surface area contributed by atoms with Crippen LogP contribution < -0.4 is 0 Å². The highest BCUT2D eigenvalue weighted by Crippen LogP contribution is 2.25. The summed E-state index contributed by atoms with van der Waals surface area (Å²) in [5, 5.41) is 0. The number of piperidine rings is 2. The molecule has 0 N–H and O–H groups in total. The van der Waals surface area contributed by atoms with Crippen molar-refractivity contribution in [1.29, 1.82) is 0 Å². The van der Waals surface area contributed by atoms with Gasteiger partial charge in [-0.2, -0.15) is 0 Å². The number of hydrogen-bond donors (Lipinski definition) is 0. The summed E-state index contributed by atoms with van der Waals surface area (Å²) in [7, 11) is 0. The van der Waals surface area contributed by atoms with Gasteiger partial charge < -0.3 is 19.0 Å². The van der Waals surface area contributed by atoms with Gasteiger partial charge in [0.05, 0.1) is 19.5 Å². The number of morpholine rings is 1. The zero-order valence-corrected chi connectivity index (χ0v) is 16.8. The van der Waals surface area contributed by atoms with Crippen molar-refractivity contribution in [3.63, 3.8) is 0 Å². The Labute approximate surface area is 168 Å². The highest BCUT2D eigenvalue weighted by molar-refractivity contribution is 5.79. The second-order valence-corrected chi connectivity index (χ2v) is 8.20. The smallest absolute Gasteiger partial charge is 0.225 e. The molecular formula is C22H33N3O3. The van der Waals surface area contributed by atoms with E-state index in [0.29, 0.717) is 25.2 Å². The van der Waals surface area contributed by atoms with Crippen LogP contribution in [-0.2, 0) is 9.53 Å². The highest BCUT2D eigenvalue weighted by atomic mass is 16.5. The lowest BCUT2D eigenvalue weighted by atomic mass is 9.92. The Morgan fingerprint density at radius 1 is 1.04 bits per heavy atom. The Balaban J connectivity index is 1.16. The third kappa shape index (κ3) is 5.04. The van der Waals surface area contributed by atoms with E-state index in [0.717, 1.165) is 64.4 Å². The van der Waals surface area contributed by atoms with Crippen LogP contribution in [-0.4, -0.2) is 85.7 Å². The minimum Gasteiger partial charge on any atom is -0.465 e. The number of rotatable bonds is 5. The van der Waals surface area contributed by atoms with Crippen LogP contribution in [0.2, 0.25) is 0 Å². The first-order chi connectivity index (χ1) is 13.8. The fourth-order valence-corrected chi connectivity index (χ4v) is 4.72. The Morgan fingerprint density at radius 3 is 2.46 bits per heavy atom. The Morgan fingerprint density at radius 2 is 1.79 bits per heavy atom. The summed E-state index contributed by atoms with van der Waals surface area (Å²) >= 11 is 0. The zero-order chi connectivity index (χ0) is 19.2. The fraction of sp³-hybridized carbons (Fsp3) is 0.682. The standard InChI is InChI=1S/C22H33N3O3/c26-22(25-14-17-27-18-15-25)19-5-12-24(13-6-19)20-7-10-23(11-8-20)9-1-3-21-4-2-16-28-21/h1-4,16,19-20H,5-15,17-18H2. The Hall–Kier alpha value is -1.63. The minimum absolute atomic E-state index is 0.223. The molecule has 28 heavy (non-hydrogen) atoms. The van der Waals surface area contributed by atoms with Gasteiger partial charge in [0.25, 0.3) is 0 Å². The summed E-state index contributed by atoms with van der Waals surface area (Å²) in [5.74, 6) is 1.51. The summed E-state index contributed by atoms with van der Waals surface area (Å²) in [6.07, 6.45) is 10.5. The molecule has 6 heteroatoms. The summed E-state index contributed by atoms with van der Waals surface area (Å²) in [6, 6.07) is 4.59. The van der Waals surface area contributed by atoms with E-state index >= 15 is 0 Å². The first kappa shape index (κ1) is 19.7. The van der Waals surface area contributed by atoms with Crippen LogP contribution in [0.25, 0.3) is 6.08 Å². The molecule has 3 fully saturated rings. The van der Waals surface area contributed by atoms with Gasteiger partial charge in [-0.1, -0.05) is 6.08 Å². The van der Waals surface area contributed by atoms with Gasteiger partial charge in [-0.05, 0) is 70.1 Å². The number of carbonyl (C=O) groups excluding carboxylic acids is 1. The summed E-state index contributed by atoms with van der Waals surface area (Å²) in [6.45, 7) is 8.37. The Kier molecular flexibility index (Phi) is 6.83. The van der Waals surface area contributed by atoms with Gasteiger partial charge in [0, 0.05) is 31.6 Å². The molecule has 0 radical (unpaired) electrons. The number of carbonyl (C=O) groups is 1. The first-order valence-electron chi connectivity index (χ1n) is 10.8. The van der Waals surface area contributed by atoms with Crippen LogP contribution in [0.3, 0.4) is 0 Å². The lowest BCUT2D eigenvalue weighted by Crippen LogP contribution is -2.50. The van der Waals surface area contributed by atoms with Gasteiger partial charge in [-0.3, -0.25) is 9.69 Å². The van der Waals surface area contributed by atoms with Crippen LogP contribution >= 0.6 is 0 Å². The van der Waals surface area contributed by atoms with E-state index in [1.807, 2.05) is 17.0 Å². The van der Waals surface area contributed by atoms with E-state index in [2.05, 4.69) is 22.0 Å². The van der Waals surface area contributed by atoms with Crippen molar-refractivity contribution in [2.45, 2.75) is 31.7 Å². The molecule has 4 heterocycles. The third-order valence-electron chi connectivity index (χ3n) is 6.46. The average Bonchev–Trinajstić information content (AvgIpc) is 3.28. The lowest BCUT2D eigenvalue weighted by Gasteiger charge is -2.42. The molecule has 3 saturated heterocycles. The summed E-state index contributed by atoms with van der Waals surface area (Å²) in [4.78, 5) is 19.9. The van der Waals surface area contributed by atoms with E-state index in [1.165, 1.54) is 12.8 Å². The van der Waals surface area contributed by atoms with Crippen molar-refractivity contribution in [3.05, 3.63) is 30.2 Å². The van der Waals surface area contributed by atoms with Crippen molar-refractivity contribution in [2.75, 3.05) is 59.0 Å². The van der Waals surface area contributed by atoms with Crippen molar-refractivity contribution >= 4 is 12.0 Å². The number of ether oxygens (including phenoxy) is 1. The molecule has 0 saturated carbocycles. The van der Waals surface area contributed by atoms with E-state index < -0.39 is 0 Å². The topological polar surface area (TPSA) is 49.2 Å². The predicted molar refractivity (Wildman–Crippen MR) is 109 cm³/mol. The number of furan rings is 1. The molecule has 6 nitrogen and oxygen atoms in total. The second-order valence-electron chi connectivity index (χ2n) is 8.20. The van der Waals surface area contributed by atoms with Crippen molar-refractivity contribution < 1.29 is 13.9 Å². The lowest BCUT2D eigenvalue weighted by molar-refractivity contribution is -0.141. The molecule has 1 aromatic rings. The molecule has 1 amide bonds. The Bertz CT molecular complexity index is 623. The summed E-state index contributed by atoms with van der Waals surface area (Å²) in [5.41, 5.74) is 0. The largest absolute Gasteiger partial charge is 0.465 e. The minimum atomic E-state index is 0.223. The normalized spacial score (nSPS) is 24.2. The van der Waals surface area contributed by atoms with E-state index in [-0.39, 0.29) is 5.92 Å². The highest BCUT2D eigenvalue weighted by Gasteiger charge is 2.32. The second kappa shape index (κ2) is 9.72. The van der Waals surface area contributed by atoms with Crippen LogP contribution in [0.15, 0.2) is 28.9 Å². The molecular weight excluding hydrogens is 354 g/mol. The maximum atomic E-state index is 12.7. The molecule has 4 rings (SSSR count). The van der Waals surface area contributed by atoms with Gasteiger partial charge in [-0.25, -0.2) is 0 Å². The molecule has 0 atom stereocenters. The maximum Gasteiger partial charge on any atom is 0.225 e. The zero-order valence-electron chi connectivity index (χ0n) is 16.8. The molecule has 0 aliphatic carbocycles. The van der Waals surface area contributed by atoms with Crippen molar-refractivity contribution in [1.82, 2.24) is 14.7 Å². The average molecular weight is 388 g/mol. The van der Waals surface area contributed by atoms with E-state index in [4.69, 9.17) is 9.15 Å². The third-order valence-corrected chi connectivity index (χ3v) is 6.46. The number of likely N-dealkylation sites (tertiary alicyclic amines) is 2. The van der Waals surface area contributed by atoms with Crippen LogP contribution in [0.5, 0.6) is 0 Å². The number of nitrogens with zero attached hydrogens (tertiary/aromatic N) is 3. The number of amides is 1. The monoisotopic (exact) mass is 387 g/mol. The van der Waals surface area contributed by atoms with Crippen LogP contribution in [0.1, 0.15) is 31.4 Å². The molecule has 0 unspecified atom stereocenters. The maximum absolute atomic E-state index is 12.7. The fourth-order valence-electron chi connectivity index (χ4n) is 4.72. The van der Waals surface area contributed by atoms with Crippen molar-refractivity contribution in [2.24, 2.45) is 5.92 Å².